The molecule has 0 saturated carbocycles. The van der Waals surface area contributed by atoms with Crippen LogP contribution in [0.3, 0.4) is 0 Å². The molecule has 0 aliphatic carbocycles. The fourth-order valence-electron chi connectivity index (χ4n) is 4.95. The molecule has 0 saturated heterocycles. The van der Waals surface area contributed by atoms with E-state index in [2.05, 4.69) is 31.0 Å². The van der Waals surface area contributed by atoms with E-state index in [1.54, 1.807) is 23.8 Å². The van der Waals surface area contributed by atoms with Gasteiger partial charge in [0, 0.05) is 38.7 Å². The first-order valence-electron chi connectivity index (χ1n) is 12.4. The van der Waals surface area contributed by atoms with Gasteiger partial charge in [0.25, 0.3) is 0 Å². The lowest BCUT2D eigenvalue weighted by Gasteiger charge is -2.43. The highest BCUT2D eigenvalue weighted by molar-refractivity contribution is 8.00. The number of hydrogen-bond acceptors (Lipinski definition) is 6. The maximum atomic E-state index is 13.7. The number of thioether (sulfide) groups is 1. The van der Waals surface area contributed by atoms with Crippen LogP contribution in [-0.4, -0.2) is 52.6 Å². The van der Waals surface area contributed by atoms with Crippen molar-refractivity contribution in [3.8, 4) is 5.75 Å². The molecular formula is C29H36N2O5S. The summed E-state index contributed by atoms with van der Waals surface area (Å²) in [4.78, 5) is 33.1. The smallest absolute Gasteiger partial charge is 0.411 e. The Labute approximate surface area is 222 Å². The van der Waals surface area contributed by atoms with Crippen LogP contribution in [0.2, 0.25) is 0 Å². The molecule has 37 heavy (non-hydrogen) atoms. The summed E-state index contributed by atoms with van der Waals surface area (Å²) in [5.41, 5.74) is 2.11. The number of rotatable bonds is 6. The van der Waals surface area contributed by atoms with Gasteiger partial charge in [0.15, 0.2) is 0 Å². The number of hydrogen-bond donors (Lipinski definition) is 1. The van der Waals surface area contributed by atoms with Crippen LogP contribution < -0.4 is 4.74 Å². The molecule has 0 unspecified atom stereocenters. The van der Waals surface area contributed by atoms with E-state index in [4.69, 9.17) is 14.2 Å². The number of aromatic nitrogens is 1. The van der Waals surface area contributed by atoms with Crippen LogP contribution in [0, 0.1) is 0 Å². The van der Waals surface area contributed by atoms with Crippen molar-refractivity contribution in [1.82, 2.24) is 9.88 Å². The zero-order valence-corrected chi connectivity index (χ0v) is 23.4. The van der Waals surface area contributed by atoms with Crippen molar-refractivity contribution in [2.75, 3.05) is 14.2 Å². The third-order valence-electron chi connectivity index (χ3n) is 6.45. The molecule has 2 aromatic carbocycles. The van der Waals surface area contributed by atoms with Gasteiger partial charge in [0.2, 0.25) is 0 Å². The van der Waals surface area contributed by atoms with E-state index < -0.39 is 29.7 Å². The van der Waals surface area contributed by atoms with Gasteiger partial charge in [-0.15, -0.1) is 11.8 Å². The number of methoxy groups -OCH3 is 2. The summed E-state index contributed by atoms with van der Waals surface area (Å²) < 4.78 is 16.2. The number of fused-ring (bicyclic) bond motifs is 3. The summed E-state index contributed by atoms with van der Waals surface area (Å²) >= 11 is 1.74. The van der Waals surface area contributed by atoms with E-state index in [9.17, 15) is 9.59 Å². The van der Waals surface area contributed by atoms with E-state index in [0.717, 1.165) is 32.8 Å². The molecule has 7 nitrogen and oxygen atoms in total. The van der Waals surface area contributed by atoms with Crippen molar-refractivity contribution in [2.45, 2.75) is 74.8 Å². The average Bonchev–Trinajstić information content (AvgIpc) is 3.20. The van der Waals surface area contributed by atoms with E-state index in [1.165, 1.54) is 7.11 Å². The summed E-state index contributed by atoms with van der Waals surface area (Å²) in [5, 5.41) is 1.01. The second kappa shape index (κ2) is 10.3. The number of carbonyl (C=O) groups is 2. The Morgan fingerprint density at radius 1 is 1.05 bits per heavy atom. The Morgan fingerprint density at radius 3 is 2.38 bits per heavy atom. The zero-order valence-electron chi connectivity index (χ0n) is 22.6. The first-order valence-corrected chi connectivity index (χ1v) is 13.3. The quantitative estimate of drug-likeness (QED) is 0.292. The summed E-state index contributed by atoms with van der Waals surface area (Å²) in [5.74, 6) is 0.272. The number of nitrogens with one attached hydrogen (secondary N) is 1. The second-order valence-corrected chi connectivity index (χ2v) is 12.7. The molecule has 1 aliphatic heterocycles. The van der Waals surface area contributed by atoms with E-state index in [-0.39, 0.29) is 4.75 Å². The van der Waals surface area contributed by atoms with Crippen molar-refractivity contribution < 1.29 is 23.8 Å². The molecule has 1 N–H and O–H groups in total. The van der Waals surface area contributed by atoms with Gasteiger partial charge < -0.3 is 19.2 Å². The van der Waals surface area contributed by atoms with Gasteiger partial charge in [-0.1, -0.05) is 32.0 Å². The Bertz CT molecular complexity index is 1280. The topological polar surface area (TPSA) is 80.9 Å². The van der Waals surface area contributed by atoms with Gasteiger partial charge in [-0.25, -0.2) is 9.59 Å². The molecule has 0 spiro atoms. The minimum absolute atomic E-state index is 0.281. The molecule has 4 rings (SSSR count). The number of nitrogens with zero attached hydrogens (tertiary/aromatic N) is 1. The lowest BCUT2D eigenvalue weighted by molar-refractivity contribution is -0.148. The number of amides is 1. The lowest BCUT2D eigenvalue weighted by atomic mass is 9.87. The molecule has 2 heterocycles. The molecule has 0 fully saturated rings. The average molecular weight is 525 g/mol. The van der Waals surface area contributed by atoms with Gasteiger partial charge in [-0.2, -0.15) is 0 Å². The Kier molecular flexibility index (Phi) is 7.51. The van der Waals surface area contributed by atoms with Gasteiger partial charge in [0.05, 0.1) is 20.3 Å². The molecule has 0 radical (unpaired) electrons. The summed E-state index contributed by atoms with van der Waals surface area (Å²) in [7, 11) is 2.99. The molecule has 1 aliphatic rings. The Morgan fingerprint density at radius 2 is 1.76 bits per heavy atom. The normalized spacial score (nSPS) is 17.9. The monoisotopic (exact) mass is 524 g/mol. The molecule has 3 aromatic rings. The molecule has 1 aromatic heterocycles. The number of H-pyrrole nitrogens is 1. The molecular weight excluding hydrogens is 488 g/mol. The van der Waals surface area contributed by atoms with Crippen LogP contribution in [0.4, 0.5) is 4.79 Å². The zero-order chi connectivity index (χ0) is 27.0. The van der Waals surface area contributed by atoms with Crippen molar-refractivity contribution in [1.29, 1.82) is 0 Å². The Balaban J connectivity index is 1.84. The van der Waals surface area contributed by atoms with Gasteiger partial charge in [-0.3, -0.25) is 4.90 Å². The molecule has 1 amide bonds. The highest BCUT2D eigenvalue weighted by atomic mass is 32.2. The van der Waals surface area contributed by atoms with Gasteiger partial charge >= 0.3 is 12.1 Å². The highest BCUT2D eigenvalue weighted by Crippen LogP contribution is 2.46. The first kappa shape index (κ1) is 26.9. The van der Waals surface area contributed by atoms with E-state index >= 15 is 0 Å². The summed E-state index contributed by atoms with van der Waals surface area (Å²) in [6.45, 7) is 9.79. The fraction of sp³-hybridized carbons (Fsp3) is 0.448. The van der Waals surface area contributed by atoms with Crippen LogP contribution in [0.25, 0.3) is 10.9 Å². The predicted molar refractivity (Wildman–Crippen MR) is 146 cm³/mol. The first-order chi connectivity index (χ1) is 17.4. The van der Waals surface area contributed by atoms with Crippen molar-refractivity contribution in [3.63, 3.8) is 0 Å². The standard InChI is InChI=1S/C29H36N2O5S/c1-28(2,3)36-27(33)31-23(26(32)35-7)16-21-20-14-13-18(34-6)15-22(20)30-25(21)24(31)17-29(4,5)37-19-11-9-8-10-12-19/h8-15,23-24,30H,16-17H2,1-7H3/t23-,24-/m0/s1. The summed E-state index contributed by atoms with van der Waals surface area (Å²) in [6.07, 6.45) is 0.377. The number of esters is 1. The molecule has 0 bridgehead atoms. The van der Waals surface area contributed by atoms with Crippen LogP contribution >= 0.6 is 11.8 Å². The maximum Gasteiger partial charge on any atom is 0.411 e. The Hall–Kier alpha value is -3.13. The molecule has 198 valence electrons. The van der Waals surface area contributed by atoms with Crippen LogP contribution in [-0.2, 0) is 20.7 Å². The van der Waals surface area contributed by atoms with Crippen LogP contribution in [0.1, 0.15) is 58.3 Å². The predicted octanol–water partition coefficient (Wildman–Crippen LogP) is 6.51. The number of aromatic amines is 1. The van der Waals surface area contributed by atoms with Gasteiger partial charge in [0.1, 0.15) is 17.4 Å². The summed E-state index contributed by atoms with van der Waals surface area (Å²) in [6, 6.07) is 14.8. The van der Waals surface area contributed by atoms with Gasteiger partial charge in [-0.05, 0) is 57.0 Å². The molecule has 2 atom stereocenters. The minimum Gasteiger partial charge on any atom is -0.497 e. The third kappa shape index (κ3) is 5.90. The lowest BCUT2D eigenvalue weighted by Crippen LogP contribution is -2.53. The number of benzene rings is 2. The number of ether oxygens (including phenoxy) is 3. The maximum absolute atomic E-state index is 13.7. The van der Waals surface area contributed by atoms with Crippen LogP contribution in [0.5, 0.6) is 5.75 Å². The largest absolute Gasteiger partial charge is 0.497 e. The third-order valence-corrected chi connectivity index (χ3v) is 7.68. The highest BCUT2D eigenvalue weighted by Gasteiger charge is 2.46. The number of carbonyl (C=O) groups excluding carboxylic acids is 2. The minimum atomic E-state index is -0.809. The second-order valence-electron chi connectivity index (χ2n) is 11.0. The molecule has 8 heteroatoms. The van der Waals surface area contributed by atoms with E-state index in [1.807, 2.05) is 57.2 Å². The van der Waals surface area contributed by atoms with Crippen molar-refractivity contribution in [3.05, 3.63) is 59.8 Å². The van der Waals surface area contributed by atoms with Crippen molar-refractivity contribution >= 4 is 34.7 Å². The van der Waals surface area contributed by atoms with E-state index in [0.29, 0.717) is 12.8 Å². The van der Waals surface area contributed by atoms with Crippen LogP contribution in [0.15, 0.2) is 53.4 Å². The SMILES string of the molecule is COC(=O)[C@@H]1Cc2c([nH]c3cc(OC)ccc23)[C@H](CC(C)(C)Sc2ccccc2)N1C(=O)OC(C)(C)C. The fourth-order valence-corrected chi connectivity index (χ4v) is 6.12. The van der Waals surface area contributed by atoms with Crippen molar-refractivity contribution in [2.24, 2.45) is 0 Å².